The fourth-order valence-electron chi connectivity index (χ4n) is 13.1. The summed E-state index contributed by atoms with van der Waals surface area (Å²) in [6.07, 6.45) is 6.30. The lowest BCUT2D eigenvalue weighted by Gasteiger charge is -2.28. The highest BCUT2D eigenvalue weighted by atomic mass is 16.6. The number of carboxylic acid groups (broad SMARTS) is 1. The number of aromatic nitrogens is 1. The van der Waals surface area contributed by atoms with Crippen LogP contribution >= 0.6 is 0 Å². The first-order chi connectivity index (χ1) is 58.8. The lowest BCUT2D eigenvalue weighted by atomic mass is 9.85. The molecular weight excluding hydrogens is 1610 g/mol. The van der Waals surface area contributed by atoms with Crippen molar-refractivity contribution in [3.05, 3.63) is 199 Å². The van der Waals surface area contributed by atoms with Crippen molar-refractivity contribution in [2.45, 2.75) is 179 Å². The van der Waals surface area contributed by atoms with E-state index in [2.05, 4.69) is 42.2 Å². The fraction of sp³-hybridized carbons (Fsp3) is 0.436. The predicted octanol–water partition coefficient (Wildman–Crippen LogP) is 18.2. The number of ether oxygens (including phenoxy) is 8. The van der Waals surface area contributed by atoms with Crippen molar-refractivity contribution < 1.29 is 91.2 Å². The summed E-state index contributed by atoms with van der Waals surface area (Å²) < 4.78 is 46.9. The largest absolute Gasteiger partial charge is 0.491 e. The van der Waals surface area contributed by atoms with E-state index in [4.69, 9.17) is 37.9 Å². The highest BCUT2D eigenvalue weighted by Gasteiger charge is 2.32. The van der Waals surface area contributed by atoms with E-state index in [0.29, 0.717) is 104 Å². The molecular formula is C94H118N10O21. The van der Waals surface area contributed by atoms with Gasteiger partial charge in [0.2, 0.25) is 5.91 Å². The summed E-state index contributed by atoms with van der Waals surface area (Å²) in [4.78, 5) is 133. The average Bonchev–Trinajstić information content (AvgIpc) is 0.817. The van der Waals surface area contributed by atoms with E-state index in [-0.39, 0.29) is 174 Å². The molecule has 0 bridgehead atoms. The molecule has 0 spiro atoms. The second kappa shape index (κ2) is 45.6. The van der Waals surface area contributed by atoms with Crippen molar-refractivity contribution in [2.75, 3.05) is 79.4 Å². The van der Waals surface area contributed by atoms with Crippen LogP contribution in [0.4, 0.5) is 39.8 Å². The first-order valence-electron chi connectivity index (χ1n) is 41.8. The van der Waals surface area contributed by atoms with Gasteiger partial charge in [-0.25, -0.2) is 0 Å². The van der Waals surface area contributed by atoms with Crippen LogP contribution in [0.25, 0.3) is 10.9 Å². The van der Waals surface area contributed by atoms with Gasteiger partial charge in [-0.05, 0) is 214 Å². The maximum absolute atomic E-state index is 13.8. The molecule has 31 heteroatoms. The zero-order chi connectivity index (χ0) is 90.1. The summed E-state index contributed by atoms with van der Waals surface area (Å²) in [5.74, 6) is -2.84. The van der Waals surface area contributed by atoms with Gasteiger partial charge in [0.15, 0.2) is 11.5 Å². The van der Waals surface area contributed by atoms with Gasteiger partial charge in [0.05, 0.1) is 107 Å². The third kappa shape index (κ3) is 30.3. The molecule has 2 aliphatic rings. The Bertz CT molecular complexity index is 5120. The third-order valence-electron chi connectivity index (χ3n) is 19.5. The molecule has 1 heterocycles. The van der Waals surface area contributed by atoms with E-state index in [9.17, 15) is 63.7 Å². The number of anilines is 5. The van der Waals surface area contributed by atoms with E-state index in [1.165, 1.54) is 66.7 Å². The molecule has 0 aliphatic heterocycles. The summed E-state index contributed by atoms with van der Waals surface area (Å²) in [7, 11) is 0. The van der Waals surface area contributed by atoms with Crippen LogP contribution in [0.1, 0.15) is 218 Å². The van der Waals surface area contributed by atoms with Gasteiger partial charge in [-0.3, -0.25) is 63.6 Å². The topological polar surface area (TPSA) is 414 Å². The van der Waals surface area contributed by atoms with Crippen molar-refractivity contribution in [1.29, 1.82) is 0 Å². The van der Waals surface area contributed by atoms with Crippen LogP contribution in [-0.4, -0.2) is 143 Å². The van der Waals surface area contributed by atoms with Gasteiger partial charge in [0.25, 0.3) is 35.4 Å². The number of nitrogens with one attached hydrogen (secondary N) is 7. The van der Waals surface area contributed by atoms with Crippen molar-refractivity contribution in [3.8, 4) is 34.5 Å². The Morgan fingerprint density at radius 1 is 0.400 bits per heavy atom. The molecule has 8 aromatic rings. The Labute approximate surface area is 729 Å². The smallest absolute Gasteiger partial charge is 0.310 e. The minimum atomic E-state index is -0.815. The van der Waals surface area contributed by atoms with Crippen molar-refractivity contribution in [3.63, 3.8) is 0 Å². The normalized spacial score (nSPS) is 15.0. The van der Waals surface area contributed by atoms with E-state index in [1.807, 2.05) is 127 Å². The number of carboxylic acids is 1. The maximum Gasteiger partial charge on any atom is 0.310 e. The number of benzene rings is 7. The van der Waals surface area contributed by atoms with Crippen molar-refractivity contribution in [2.24, 2.45) is 35.5 Å². The summed E-state index contributed by atoms with van der Waals surface area (Å²) >= 11 is 0. The standard InChI is InChI=1S/C51H60N6O10.C42H54N4O11.CH4/c1-31(2)29-65-44-25-35(48(59)53-38-17-12-33(13-18-38)47(58)54-39-24-34-10-8-9-11-40(34)52-28-39)14-19-41(44)55-49(60)36-15-20-42(45(26-36)66-30-32(3)4)56-50(61)37-16-21-43(57(62)63)46(27-37)64-22-23-67-51(5,6)7;1-25(2)23-55-35-20-28(38(47)43-31-13-8-27(9-14-31)41(50)51)10-15-32(35)44-39(48)29-11-16-33(36(21-29)56-24-26(3)4)45-40(49)30-12-17-34(46(52)53)37(22-30)54-18-19-57-42(5,6)7;/h8-11,14-16,19-21,24-28,31-33,38H,12-13,17-18,22-23,29-30H2,1-7H3,(H,53,59)(H,54,58)(H,55,60)(H,56,61);10-12,15-17,20-22,25-27,31H,8-9,13-14,18-19,23-24H2,1-7H3,(H,43,47)(H,44,48)(H,45,49)(H,50,51);1H4. The molecule has 2 fully saturated rings. The number of carbonyl (C=O) groups excluding carboxylic acids is 7. The number of carbonyl (C=O) groups is 8. The second-order valence-electron chi connectivity index (χ2n) is 34.3. The molecule has 1 aromatic heterocycles. The molecule has 7 amide bonds. The molecule has 0 atom stereocenters. The highest BCUT2D eigenvalue weighted by molar-refractivity contribution is 6.10. The van der Waals surface area contributed by atoms with Gasteiger partial charge in [-0.2, -0.15) is 0 Å². The summed E-state index contributed by atoms with van der Waals surface area (Å²) in [5, 5.41) is 54.2. The first-order valence-corrected chi connectivity index (χ1v) is 41.8. The number of nitro benzene ring substituents is 2. The number of para-hydroxylation sites is 1. The Hall–Kier alpha value is -12.8. The number of nitrogens with zero attached hydrogens (tertiary/aromatic N) is 3. The van der Waals surface area contributed by atoms with E-state index in [0.717, 1.165) is 10.9 Å². The first kappa shape index (κ1) is 97.7. The zero-order valence-electron chi connectivity index (χ0n) is 72.7. The third-order valence-corrected chi connectivity index (χ3v) is 19.5. The highest BCUT2D eigenvalue weighted by Crippen LogP contribution is 2.37. The summed E-state index contributed by atoms with van der Waals surface area (Å²) in [5.41, 5.74) is 2.59. The number of nitro groups is 2. The van der Waals surface area contributed by atoms with Gasteiger partial charge in [-0.1, -0.05) is 81.0 Å². The van der Waals surface area contributed by atoms with E-state index < -0.39 is 56.6 Å². The number of hydrogen-bond donors (Lipinski definition) is 8. The van der Waals surface area contributed by atoms with Crippen LogP contribution in [0.3, 0.4) is 0 Å². The van der Waals surface area contributed by atoms with Gasteiger partial charge in [-0.15, -0.1) is 0 Å². The number of aliphatic carboxylic acids is 1. The molecule has 10 rings (SSSR count). The minimum absolute atomic E-state index is 0. The number of pyridine rings is 1. The van der Waals surface area contributed by atoms with Crippen LogP contribution < -0.4 is 65.6 Å². The fourth-order valence-corrected chi connectivity index (χ4v) is 13.1. The number of rotatable bonds is 37. The van der Waals surface area contributed by atoms with Gasteiger partial charge < -0.3 is 80.2 Å². The molecule has 0 radical (unpaired) electrons. The van der Waals surface area contributed by atoms with Crippen molar-refractivity contribution >= 4 is 98.0 Å². The van der Waals surface area contributed by atoms with Crippen LogP contribution in [0.5, 0.6) is 34.5 Å². The molecule has 7 aromatic carbocycles. The SMILES string of the molecule is C.CC(C)COc1cc(C(=O)Nc2ccc(C(=O)NC3CCC(C(=O)Nc4cnc5ccccc5c4)CC3)cc2OCC(C)C)ccc1NC(=O)c1ccc([N+](=O)[O-])c(OCCOC(C)(C)C)c1.CC(C)COc1cc(C(=O)Nc2ccc(C(=O)NC3CCC(C(=O)O)CC3)cc2OCC(C)C)ccc1NC(=O)c1ccc([N+](=O)[O-])c(OCCOC(C)(C)C)c1. The molecule has 670 valence electrons. The second-order valence-corrected chi connectivity index (χ2v) is 34.3. The Morgan fingerprint density at radius 2 is 0.712 bits per heavy atom. The van der Waals surface area contributed by atoms with Gasteiger partial charge in [0, 0.05) is 81.0 Å². The predicted molar refractivity (Wildman–Crippen MR) is 479 cm³/mol. The monoisotopic (exact) mass is 1720 g/mol. The summed E-state index contributed by atoms with van der Waals surface area (Å²) in [6.45, 7) is 28.6. The quantitative estimate of drug-likeness (QED) is 0.0102. The molecule has 125 heavy (non-hydrogen) atoms. The lowest BCUT2D eigenvalue weighted by Crippen LogP contribution is -2.39. The van der Waals surface area contributed by atoms with Crippen LogP contribution in [0.15, 0.2) is 146 Å². The maximum atomic E-state index is 13.8. The Kier molecular flexibility index (Phi) is 35.6. The van der Waals surface area contributed by atoms with Gasteiger partial charge in [0.1, 0.15) is 36.2 Å². The molecule has 2 saturated carbocycles. The minimum Gasteiger partial charge on any atom is -0.491 e. The zero-order valence-corrected chi connectivity index (χ0v) is 72.7. The molecule has 8 N–H and O–H groups in total. The van der Waals surface area contributed by atoms with Crippen LogP contribution in [0.2, 0.25) is 0 Å². The molecule has 31 nitrogen and oxygen atoms in total. The number of amides is 7. The van der Waals surface area contributed by atoms with Crippen molar-refractivity contribution in [1.82, 2.24) is 15.6 Å². The molecule has 0 unspecified atom stereocenters. The average molecular weight is 1720 g/mol. The Morgan fingerprint density at radius 3 is 1.03 bits per heavy atom. The lowest BCUT2D eigenvalue weighted by molar-refractivity contribution is -0.386. The number of fused-ring (bicyclic) bond motifs is 1. The summed E-state index contributed by atoms with van der Waals surface area (Å²) in [6, 6.07) is 35.7. The van der Waals surface area contributed by atoms with Crippen LogP contribution in [-0.2, 0) is 19.1 Å². The number of hydrogen-bond acceptors (Lipinski definition) is 21. The molecule has 0 saturated heterocycles. The van der Waals surface area contributed by atoms with Crippen LogP contribution in [0, 0.1) is 55.7 Å². The van der Waals surface area contributed by atoms with E-state index in [1.54, 1.807) is 48.7 Å². The molecule has 2 aliphatic carbocycles. The van der Waals surface area contributed by atoms with Gasteiger partial charge >= 0.3 is 17.3 Å². The van der Waals surface area contributed by atoms with E-state index >= 15 is 0 Å². The Balaban J connectivity index is 0.000000311.